The molecule has 0 bridgehead atoms. The molecule has 1 unspecified atom stereocenters. The fourth-order valence-electron chi connectivity index (χ4n) is 4.58. The zero-order valence-electron chi connectivity index (χ0n) is 21.7. The summed E-state index contributed by atoms with van der Waals surface area (Å²) in [5.41, 5.74) is 4.88. The van der Waals surface area contributed by atoms with Crippen molar-refractivity contribution in [2.45, 2.75) is 79.1 Å². The lowest BCUT2D eigenvalue weighted by molar-refractivity contribution is 0.148. The van der Waals surface area contributed by atoms with Crippen LogP contribution >= 0.6 is 0 Å². The van der Waals surface area contributed by atoms with Crippen molar-refractivity contribution in [3.8, 4) is 0 Å². The summed E-state index contributed by atoms with van der Waals surface area (Å²) in [4.78, 5) is 18.6. The Hall–Kier alpha value is -3.32. The predicted molar refractivity (Wildman–Crippen MR) is 140 cm³/mol. The molecule has 0 radical (unpaired) electrons. The molecule has 1 atom stereocenters. The highest BCUT2D eigenvalue weighted by atomic mass is 16.1. The highest BCUT2D eigenvalue weighted by molar-refractivity contribution is 5.80. The van der Waals surface area contributed by atoms with Gasteiger partial charge >= 0.3 is 0 Å². The van der Waals surface area contributed by atoms with Gasteiger partial charge in [-0.05, 0) is 91.7 Å². The molecule has 4 rings (SSSR count). The summed E-state index contributed by atoms with van der Waals surface area (Å²) in [6.45, 7) is 13.8. The zero-order valence-corrected chi connectivity index (χ0v) is 21.7. The fourth-order valence-corrected chi connectivity index (χ4v) is 4.58. The van der Waals surface area contributed by atoms with E-state index in [-0.39, 0.29) is 17.1 Å². The van der Waals surface area contributed by atoms with E-state index in [1.807, 2.05) is 16.8 Å². The van der Waals surface area contributed by atoms with Crippen LogP contribution in [0, 0.1) is 13.8 Å². The first kappa shape index (κ1) is 24.8. The van der Waals surface area contributed by atoms with E-state index in [1.165, 1.54) is 16.7 Å². The molecule has 0 aliphatic rings. The first-order chi connectivity index (χ1) is 16.7. The van der Waals surface area contributed by atoms with Crippen molar-refractivity contribution in [3.63, 3.8) is 0 Å². The van der Waals surface area contributed by atoms with Crippen molar-refractivity contribution in [1.82, 2.24) is 30.1 Å². The molecule has 35 heavy (non-hydrogen) atoms. The van der Waals surface area contributed by atoms with Crippen LogP contribution in [0.2, 0.25) is 0 Å². The summed E-state index contributed by atoms with van der Waals surface area (Å²) in [5.74, 6) is 0.832. The van der Waals surface area contributed by atoms with E-state index in [9.17, 15) is 4.79 Å². The van der Waals surface area contributed by atoms with Gasteiger partial charge in [-0.15, -0.1) is 5.10 Å². The summed E-state index contributed by atoms with van der Waals surface area (Å²) >= 11 is 0. The summed E-state index contributed by atoms with van der Waals surface area (Å²) in [6.07, 6.45) is 1.85. The average Bonchev–Trinajstić information content (AvgIpc) is 3.30. The minimum atomic E-state index is -0.251. The monoisotopic (exact) mass is 472 g/mol. The van der Waals surface area contributed by atoms with Crippen molar-refractivity contribution in [3.05, 3.63) is 87.0 Å². The van der Waals surface area contributed by atoms with Crippen LogP contribution < -0.4 is 5.56 Å². The van der Waals surface area contributed by atoms with Gasteiger partial charge in [0.1, 0.15) is 0 Å². The molecule has 0 saturated heterocycles. The molecule has 0 amide bonds. The number of H-pyrrole nitrogens is 1. The van der Waals surface area contributed by atoms with Gasteiger partial charge in [0.2, 0.25) is 0 Å². The standard InChI is InChI=1S/C28H36N6O/c1-7-11-25(26-30-31-32-34(26)28(4,5)6)33(17-21-12-9-8-10-13-21)18-23-16-22-14-19(2)20(3)15-24(22)29-27(23)35/h8-10,12-16,25H,7,11,17-18H2,1-6H3,(H,29,35). The van der Waals surface area contributed by atoms with Crippen LogP contribution in [0.25, 0.3) is 10.9 Å². The molecule has 2 aromatic carbocycles. The van der Waals surface area contributed by atoms with Gasteiger partial charge in [-0.1, -0.05) is 43.7 Å². The third kappa shape index (κ3) is 5.51. The number of nitrogens with one attached hydrogen (secondary N) is 1. The molecule has 0 fully saturated rings. The third-order valence-corrected chi connectivity index (χ3v) is 6.57. The second kappa shape index (κ2) is 10.1. The molecule has 1 N–H and O–H groups in total. The molecular weight excluding hydrogens is 436 g/mol. The molecule has 7 nitrogen and oxygen atoms in total. The summed E-state index contributed by atoms with van der Waals surface area (Å²) in [7, 11) is 0. The van der Waals surface area contributed by atoms with Crippen molar-refractivity contribution >= 4 is 10.9 Å². The van der Waals surface area contributed by atoms with Crippen LogP contribution in [0.5, 0.6) is 0 Å². The Morgan fingerprint density at radius 2 is 1.74 bits per heavy atom. The lowest BCUT2D eigenvalue weighted by Crippen LogP contribution is -2.35. The SMILES string of the molecule is CCCC(c1nnnn1C(C)(C)C)N(Cc1ccccc1)Cc1cc2cc(C)c(C)cc2[nH]c1=O. The maximum Gasteiger partial charge on any atom is 0.252 e. The van der Waals surface area contributed by atoms with Crippen molar-refractivity contribution < 1.29 is 0 Å². The number of hydrogen-bond acceptors (Lipinski definition) is 5. The van der Waals surface area contributed by atoms with Gasteiger partial charge in [0.05, 0.1) is 11.6 Å². The van der Waals surface area contributed by atoms with Gasteiger partial charge in [0.15, 0.2) is 5.82 Å². The Morgan fingerprint density at radius 3 is 2.43 bits per heavy atom. The van der Waals surface area contributed by atoms with Crippen LogP contribution in [0.3, 0.4) is 0 Å². The molecule has 2 heterocycles. The molecule has 0 saturated carbocycles. The lowest BCUT2D eigenvalue weighted by atomic mass is 10.0. The molecule has 184 valence electrons. The molecule has 2 aromatic heterocycles. The van der Waals surface area contributed by atoms with Gasteiger partial charge in [-0.2, -0.15) is 0 Å². The number of fused-ring (bicyclic) bond motifs is 1. The largest absolute Gasteiger partial charge is 0.322 e. The Labute approximate surface area is 207 Å². The predicted octanol–water partition coefficient (Wildman–Crippen LogP) is 5.43. The molecule has 0 aliphatic carbocycles. The number of aromatic amines is 1. The van der Waals surface area contributed by atoms with E-state index < -0.39 is 0 Å². The normalized spacial score (nSPS) is 13.0. The zero-order chi connectivity index (χ0) is 25.2. The number of aromatic nitrogens is 5. The van der Waals surface area contributed by atoms with Crippen LogP contribution in [-0.4, -0.2) is 30.1 Å². The summed E-state index contributed by atoms with van der Waals surface area (Å²) in [6, 6.07) is 16.6. The van der Waals surface area contributed by atoms with Crippen molar-refractivity contribution in [2.24, 2.45) is 0 Å². The number of hydrogen-bond donors (Lipinski definition) is 1. The quantitative estimate of drug-likeness (QED) is 0.370. The van der Waals surface area contributed by atoms with E-state index in [0.29, 0.717) is 13.1 Å². The maximum absolute atomic E-state index is 13.2. The molecular formula is C28H36N6O. The summed E-state index contributed by atoms with van der Waals surface area (Å²) < 4.78 is 1.92. The van der Waals surface area contributed by atoms with Gasteiger partial charge in [0, 0.05) is 24.2 Å². The second-order valence-corrected chi connectivity index (χ2v) is 10.5. The maximum atomic E-state index is 13.2. The molecule has 4 aromatic rings. The Balaban J connectivity index is 1.79. The number of pyridine rings is 1. The van der Waals surface area contributed by atoms with E-state index >= 15 is 0 Å². The smallest absolute Gasteiger partial charge is 0.252 e. The van der Waals surface area contributed by atoms with E-state index in [2.05, 4.69) is 103 Å². The minimum Gasteiger partial charge on any atom is -0.322 e. The van der Waals surface area contributed by atoms with E-state index in [0.717, 1.165) is 35.1 Å². The van der Waals surface area contributed by atoms with Gasteiger partial charge in [-0.3, -0.25) is 9.69 Å². The Morgan fingerprint density at radius 1 is 1.03 bits per heavy atom. The molecule has 0 aliphatic heterocycles. The Bertz CT molecular complexity index is 1350. The molecule has 0 spiro atoms. The first-order valence-corrected chi connectivity index (χ1v) is 12.4. The lowest BCUT2D eigenvalue weighted by Gasteiger charge is -2.33. The number of aryl methyl sites for hydroxylation is 2. The average molecular weight is 473 g/mol. The van der Waals surface area contributed by atoms with Crippen molar-refractivity contribution in [2.75, 3.05) is 0 Å². The van der Waals surface area contributed by atoms with Crippen molar-refractivity contribution in [1.29, 1.82) is 0 Å². The van der Waals surface area contributed by atoms with Gasteiger partial charge < -0.3 is 4.98 Å². The molecule has 7 heteroatoms. The van der Waals surface area contributed by atoms with Crippen LogP contribution in [0.4, 0.5) is 0 Å². The topological polar surface area (TPSA) is 79.7 Å². The highest BCUT2D eigenvalue weighted by Gasteiger charge is 2.30. The number of tetrazole rings is 1. The number of benzene rings is 2. The van der Waals surface area contributed by atoms with Gasteiger partial charge in [-0.25, -0.2) is 4.68 Å². The Kier molecular flexibility index (Phi) is 7.17. The number of nitrogens with zero attached hydrogens (tertiary/aromatic N) is 5. The number of rotatable bonds is 8. The highest BCUT2D eigenvalue weighted by Crippen LogP contribution is 2.30. The second-order valence-electron chi connectivity index (χ2n) is 10.5. The van der Waals surface area contributed by atoms with Gasteiger partial charge in [0.25, 0.3) is 5.56 Å². The van der Waals surface area contributed by atoms with Crippen LogP contribution in [0.1, 0.15) is 74.7 Å². The fraction of sp³-hybridized carbons (Fsp3) is 0.429. The van der Waals surface area contributed by atoms with Crippen LogP contribution in [0.15, 0.2) is 53.3 Å². The summed E-state index contributed by atoms with van der Waals surface area (Å²) in [5, 5.41) is 13.9. The minimum absolute atomic E-state index is 0.0377. The first-order valence-electron chi connectivity index (χ1n) is 12.4. The van der Waals surface area contributed by atoms with E-state index in [4.69, 9.17) is 0 Å². The van der Waals surface area contributed by atoms with Crippen LogP contribution in [-0.2, 0) is 18.6 Å². The third-order valence-electron chi connectivity index (χ3n) is 6.57. The van der Waals surface area contributed by atoms with E-state index in [1.54, 1.807) is 0 Å².